The molecule has 0 aliphatic carbocycles. The lowest BCUT2D eigenvalue weighted by Gasteiger charge is -2.45. The summed E-state index contributed by atoms with van der Waals surface area (Å²) >= 11 is 0. The smallest absolute Gasteiger partial charge is 0.462 e. The molecule has 2 amide bonds. The lowest BCUT2D eigenvalue weighted by Crippen LogP contribution is -2.66. The van der Waals surface area contributed by atoms with Gasteiger partial charge in [0.05, 0.1) is 38.5 Å². The van der Waals surface area contributed by atoms with Crippen LogP contribution in [0.3, 0.4) is 0 Å². The number of phosphoric acid groups is 1. The van der Waals surface area contributed by atoms with Gasteiger partial charge in [-0.3, -0.25) is 33.3 Å². The second kappa shape index (κ2) is 64.8. The summed E-state index contributed by atoms with van der Waals surface area (Å²) in [4.78, 5) is 108. The van der Waals surface area contributed by atoms with Crippen molar-refractivity contribution in [2.75, 3.05) is 19.8 Å². The molecule has 2 saturated heterocycles. The quantitative estimate of drug-likeness (QED) is 0.0191. The third-order valence-corrected chi connectivity index (χ3v) is 21.3. The third kappa shape index (κ3) is 51.0. The van der Waals surface area contributed by atoms with E-state index in [9.17, 15) is 48.2 Å². The Hall–Kier alpha value is -3.19. The number of ether oxygens (including phenoxy) is 6. The number of esters is 4. The zero-order valence-corrected chi connectivity index (χ0v) is 67.4. The number of hydrogen-bond donors (Lipinski definition) is 4. The molecule has 0 spiro atoms. The molecule has 103 heavy (non-hydrogen) atoms. The number of aliphatic hydroxyl groups excluding tert-OH is 1. The van der Waals surface area contributed by atoms with Crippen LogP contribution in [0.2, 0.25) is 0 Å². The van der Waals surface area contributed by atoms with E-state index in [-0.39, 0.29) is 50.6 Å². The highest BCUT2D eigenvalue weighted by atomic mass is 31.2. The number of aliphatic hydroxyl groups is 1. The van der Waals surface area contributed by atoms with E-state index >= 15 is 0 Å². The number of carbonyl (C=O) groups is 6. The van der Waals surface area contributed by atoms with Gasteiger partial charge in [-0.1, -0.05) is 311 Å². The number of phosphoric ester groups is 1. The molecule has 2 aliphatic heterocycles. The number of likely N-dealkylation sites (tertiary alicyclic amines) is 1. The molecule has 0 saturated carbocycles. The fourth-order valence-corrected chi connectivity index (χ4v) is 15.1. The van der Waals surface area contributed by atoms with Gasteiger partial charge in [-0.25, -0.2) is 4.57 Å². The third-order valence-electron chi connectivity index (χ3n) is 20.8. The van der Waals surface area contributed by atoms with E-state index < -0.39 is 99.7 Å². The van der Waals surface area contributed by atoms with Crippen LogP contribution in [0.25, 0.3) is 0 Å². The van der Waals surface area contributed by atoms with Gasteiger partial charge in [0.25, 0.3) is 0 Å². The van der Waals surface area contributed by atoms with Crippen molar-refractivity contribution < 1.29 is 81.2 Å². The van der Waals surface area contributed by atoms with E-state index in [1.165, 1.54) is 116 Å². The number of carbonyl (C=O) groups excluding carboxylic acids is 6. The standard InChI is InChI=1S/C83H155N2O17P/c1-7-13-19-25-31-34-40-43-49-57-70(97-76(89)60-52-46-37-28-22-16-10-4)64-74(87)84-80-82(101-79(92)66-72(59-51-45-42-36-33-27-21-15-9-3)99-78(91)62-54-48-39-30-24-18-12-6)81(102-103(93,94)95)73(67-86)100-83(80)96-68-69-56-55-63-85(69)75(88)65-71(58-50-44-41-35-32-26-20-14-8-2)98-77(90)61-53-47-38-29-23-17-11-5/h69-73,80-83,86H,7-68H2,1-6H3,(H,84,87)(H2,93,94,95)/t69-,70+,71+,72+,73+,80+,81+,82+,83+/m0/s1. The summed E-state index contributed by atoms with van der Waals surface area (Å²) in [5.74, 6) is -2.94. The first-order valence-electron chi connectivity index (χ1n) is 43.0. The maximum atomic E-state index is 14.9. The van der Waals surface area contributed by atoms with Crippen LogP contribution >= 0.6 is 7.82 Å². The van der Waals surface area contributed by atoms with Gasteiger partial charge in [0, 0.05) is 25.8 Å². The van der Waals surface area contributed by atoms with E-state index in [4.69, 9.17) is 32.9 Å². The van der Waals surface area contributed by atoms with Crippen molar-refractivity contribution in [2.24, 2.45) is 0 Å². The number of rotatable bonds is 71. The van der Waals surface area contributed by atoms with Gasteiger partial charge in [0.2, 0.25) is 11.8 Å². The lowest BCUT2D eigenvalue weighted by atomic mass is 9.95. The summed E-state index contributed by atoms with van der Waals surface area (Å²) in [5, 5.41) is 14.0. The van der Waals surface area contributed by atoms with Crippen molar-refractivity contribution in [1.82, 2.24) is 10.2 Å². The lowest BCUT2D eigenvalue weighted by molar-refractivity contribution is -0.273. The second-order valence-electron chi connectivity index (χ2n) is 30.5. The van der Waals surface area contributed by atoms with Gasteiger partial charge in [-0.05, 0) is 70.6 Å². The minimum absolute atomic E-state index is 0.0146. The van der Waals surface area contributed by atoms with E-state index in [0.717, 1.165) is 167 Å². The maximum Gasteiger partial charge on any atom is 0.470 e. The molecule has 20 heteroatoms. The normalized spacial score (nSPS) is 18.6. The SMILES string of the molecule is CCCCCCCCCCC[C@H](CC(=O)N[C@H]1[C@H](OC[C@@H]2CCCN2C(=O)C[C@@H](CCCCCCCCCCC)OC(=O)CCCCCCCCC)O[C@H](CO)[C@@H](OP(=O)(O)O)[C@@H]1OC(=O)C[C@@H](CCCCCCCCCCC)OC(=O)CCCCCCCCC)OC(=O)CCCCCCCCC. The summed E-state index contributed by atoms with van der Waals surface area (Å²) in [5.41, 5.74) is 0. The highest BCUT2D eigenvalue weighted by Gasteiger charge is 2.53. The molecule has 0 aromatic heterocycles. The average molecular weight is 1480 g/mol. The summed E-state index contributed by atoms with van der Waals surface area (Å²) < 4.78 is 56.2. The summed E-state index contributed by atoms with van der Waals surface area (Å²) in [7, 11) is -5.47. The molecule has 0 unspecified atom stereocenters. The maximum absolute atomic E-state index is 14.9. The first-order valence-corrected chi connectivity index (χ1v) is 44.5. The molecule has 2 heterocycles. The van der Waals surface area contributed by atoms with Crippen molar-refractivity contribution in [3.8, 4) is 0 Å². The molecule has 2 rings (SSSR count). The molecule has 604 valence electrons. The molecule has 0 aromatic carbocycles. The summed E-state index contributed by atoms with van der Waals surface area (Å²) in [6, 6.07) is -2.10. The number of nitrogens with zero attached hydrogens (tertiary/aromatic N) is 1. The fraction of sp³-hybridized carbons (Fsp3) is 0.928. The highest BCUT2D eigenvalue weighted by Crippen LogP contribution is 2.43. The molecule has 0 bridgehead atoms. The van der Waals surface area contributed by atoms with Crippen LogP contribution in [-0.4, -0.2) is 130 Å². The van der Waals surface area contributed by atoms with Crippen LogP contribution in [0.15, 0.2) is 0 Å². The molecule has 0 radical (unpaired) electrons. The number of unbranched alkanes of at least 4 members (excludes halogenated alkanes) is 42. The average Bonchev–Trinajstić information content (AvgIpc) is 1.01. The van der Waals surface area contributed by atoms with Crippen molar-refractivity contribution in [1.29, 1.82) is 0 Å². The summed E-state index contributed by atoms with van der Waals surface area (Å²) in [6.45, 7) is 12.5. The molecular formula is C83H155N2O17P. The van der Waals surface area contributed by atoms with Crippen molar-refractivity contribution in [3.63, 3.8) is 0 Å². The van der Waals surface area contributed by atoms with Crippen LogP contribution in [-0.2, 0) is 66.3 Å². The number of amides is 2. The Bertz CT molecular complexity index is 2150. The molecule has 2 aliphatic rings. The molecule has 4 N–H and O–H groups in total. The van der Waals surface area contributed by atoms with Crippen molar-refractivity contribution >= 4 is 43.5 Å². The Balaban J connectivity index is 2.62. The zero-order chi connectivity index (χ0) is 75.2. The van der Waals surface area contributed by atoms with Crippen molar-refractivity contribution in [3.05, 3.63) is 0 Å². The predicted octanol–water partition coefficient (Wildman–Crippen LogP) is 20.7. The minimum Gasteiger partial charge on any atom is -0.462 e. The Kier molecular flexibility index (Phi) is 60.3. The van der Waals surface area contributed by atoms with Gasteiger partial charge in [0.1, 0.15) is 36.6 Å². The molecule has 2 fully saturated rings. The molecule has 0 aromatic rings. The van der Waals surface area contributed by atoms with E-state index in [2.05, 4.69) is 46.9 Å². The van der Waals surface area contributed by atoms with Crippen LogP contribution in [0.1, 0.15) is 420 Å². The Morgan fingerprint density at radius 3 is 1.12 bits per heavy atom. The van der Waals surface area contributed by atoms with Gasteiger partial charge >= 0.3 is 31.7 Å². The first kappa shape index (κ1) is 95.9. The number of nitrogens with one attached hydrogen (secondary N) is 1. The first-order chi connectivity index (χ1) is 50.0. The van der Waals surface area contributed by atoms with Gasteiger partial charge in [0.15, 0.2) is 12.4 Å². The topological polar surface area (TPSA) is 260 Å². The Morgan fingerprint density at radius 2 is 0.767 bits per heavy atom. The fourth-order valence-electron chi connectivity index (χ4n) is 14.5. The summed E-state index contributed by atoms with van der Waals surface area (Å²) in [6.07, 6.45) is 43.7. The zero-order valence-electron chi connectivity index (χ0n) is 66.5. The van der Waals surface area contributed by atoms with E-state index in [1.54, 1.807) is 4.90 Å². The Labute approximate surface area is 627 Å². The minimum atomic E-state index is -5.47. The monoisotopic (exact) mass is 1480 g/mol. The van der Waals surface area contributed by atoms with Gasteiger partial charge in [-0.2, -0.15) is 0 Å². The van der Waals surface area contributed by atoms with Crippen LogP contribution in [0.5, 0.6) is 0 Å². The molecular weight excluding hydrogens is 1330 g/mol. The second-order valence-corrected chi connectivity index (χ2v) is 31.7. The largest absolute Gasteiger partial charge is 0.470 e. The molecule has 19 nitrogen and oxygen atoms in total. The van der Waals surface area contributed by atoms with Crippen molar-refractivity contribution in [2.45, 2.75) is 475 Å². The highest BCUT2D eigenvalue weighted by molar-refractivity contribution is 7.46. The van der Waals surface area contributed by atoms with Gasteiger partial charge in [-0.15, -0.1) is 0 Å². The number of hydrogen-bond acceptors (Lipinski definition) is 15. The Morgan fingerprint density at radius 1 is 0.437 bits per heavy atom. The van der Waals surface area contributed by atoms with Crippen LogP contribution in [0, 0.1) is 0 Å². The van der Waals surface area contributed by atoms with Crippen LogP contribution in [0.4, 0.5) is 0 Å². The molecule has 9 atom stereocenters. The predicted molar refractivity (Wildman–Crippen MR) is 412 cm³/mol. The van der Waals surface area contributed by atoms with Crippen LogP contribution < -0.4 is 5.32 Å². The van der Waals surface area contributed by atoms with Gasteiger partial charge < -0.3 is 53.5 Å². The van der Waals surface area contributed by atoms with E-state index in [1.807, 2.05) is 0 Å². The van der Waals surface area contributed by atoms with E-state index in [0.29, 0.717) is 64.3 Å².